The molecule has 1 aromatic rings. The second-order valence-corrected chi connectivity index (χ2v) is 2.55. The molecule has 12 heavy (non-hydrogen) atoms. The molecule has 0 N–H and O–H groups in total. The van der Waals surface area contributed by atoms with Crippen LogP contribution in [0.25, 0.3) is 0 Å². The lowest BCUT2D eigenvalue weighted by atomic mass is 10.1. The van der Waals surface area contributed by atoms with E-state index >= 15 is 0 Å². The van der Waals surface area contributed by atoms with E-state index < -0.39 is 0 Å². The fraction of sp³-hybridized carbons (Fsp3) is 0.364. The maximum absolute atomic E-state index is 11.0. The first-order chi connectivity index (χ1) is 5.33. The maximum atomic E-state index is 11.0. The van der Waals surface area contributed by atoms with Crippen LogP contribution in [0.1, 0.15) is 26.3 Å². The number of carbonyl (C=O) groups excluding carboxylic acids is 1. The van der Waals surface area contributed by atoms with Gasteiger partial charge in [-0.25, -0.2) is 0 Å². The van der Waals surface area contributed by atoms with Crippen molar-refractivity contribution in [2.24, 2.45) is 0 Å². The van der Waals surface area contributed by atoms with Gasteiger partial charge in [0.2, 0.25) is 0 Å². The van der Waals surface area contributed by atoms with Gasteiger partial charge in [0.05, 0.1) is 0 Å². The zero-order valence-electron chi connectivity index (χ0n) is 6.71. The molecule has 0 heterocycles. The highest BCUT2D eigenvalue weighted by atomic mass is 16.1. The Labute approximate surface area is 74.4 Å². The van der Waals surface area contributed by atoms with Gasteiger partial charge in [-0.1, -0.05) is 44.7 Å². The van der Waals surface area contributed by atoms with Crippen molar-refractivity contribution < 1.29 is 4.79 Å². The van der Waals surface area contributed by atoms with Gasteiger partial charge in [-0.05, 0) is 5.56 Å². The molecule has 0 unspecified atom stereocenters. The van der Waals surface area contributed by atoms with Crippen LogP contribution in [0.3, 0.4) is 0 Å². The summed E-state index contributed by atoms with van der Waals surface area (Å²) in [5.41, 5.74) is 1.11. The first kappa shape index (κ1) is 10.9. The van der Waals surface area contributed by atoms with Crippen molar-refractivity contribution in [3.05, 3.63) is 35.9 Å². The van der Waals surface area contributed by atoms with Gasteiger partial charge in [-0.15, -0.1) is 0 Å². The van der Waals surface area contributed by atoms with Crippen LogP contribution >= 0.6 is 0 Å². The van der Waals surface area contributed by atoms with E-state index in [0.29, 0.717) is 18.6 Å². The predicted octanol–water partition coefficient (Wildman–Crippen LogP) is 2.84. The summed E-state index contributed by atoms with van der Waals surface area (Å²) in [6, 6.07) is 9.83. The molecule has 0 aliphatic rings. The summed E-state index contributed by atoms with van der Waals surface area (Å²) < 4.78 is 0. The van der Waals surface area contributed by atoms with Crippen LogP contribution < -0.4 is 0 Å². The van der Waals surface area contributed by atoms with E-state index in [0.717, 1.165) is 5.56 Å². The number of hydrogen-bond acceptors (Lipinski definition) is 1. The van der Waals surface area contributed by atoms with Crippen LogP contribution in [0.2, 0.25) is 0 Å². The van der Waals surface area contributed by atoms with Gasteiger partial charge in [0.15, 0.2) is 0 Å². The summed E-state index contributed by atoms with van der Waals surface area (Å²) in [4.78, 5) is 11.0. The van der Waals surface area contributed by atoms with E-state index in [4.69, 9.17) is 0 Å². The molecule has 0 saturated heterocycles. The largest absolute Gasteiger partial charge is 0.299 e. The average Bonchev–Trinajstić information content (AvgIpc) is 2.06. The molecule has 1 rings (SSSR count). The topological polar surface area (TPSA) is 17.1 Å². The molecule has 0 saturated carbocycles. The van der Waals surface area contributed by atoms with Gasteiger partial charge in [0.1, 0.15) is 5.78 Å². The lowest BCUT2D eigenvalue weighted by molar-refractivity contribution is -0.118. The summed E-state index contributed by atoms with van der Waals surface area (Å²) in [6.07, 6.45) is 1.21. The highest BCUT2D eigenvalue weighted by Crippen LogP contribution is 2.00. The van der Waals surface area contributed by atoms with E-state index in [1.807, 2.05) is 37.3 Å². The summed E-state index contributed by atoms with van der Waals surface area (Å²) in [5, 5.41) is 0. The van der Waals surface area contributed by atoms with Crippen molar-refractivity contribution in [2.75, 3.05) is 0 Å². The van der Waals surface area contributed by atoms with Crippen molar-refractivity contribution >= 4 is 5.78 Å². The van der Waals surface area contributed by atoms with Gasteiger partial charge >= 0.3 is 0 Å². The second kappa shape index (κ2) is 5.53. The Hall–Kier alpha value is -1.11. The molecule has 1 nitrogen and oxygen atoms in total. The van der Waals surface area contributed by atoms with Crippen LogP contribution in [-0.2, 0) is 11.2 Å². The minimum atomic E-state index is 0. The number of Topliss-reactive ketones (excluding diaryl/α,β-unsaturated/α-hetero) is 1. The molecule has 0 fully saturated rings. The van der Waals surface area contributed by atoms with E-state index in [9.17, 15) is 4.79 Å². The minimum Gasteiger partial charge on any atom is -0.299 e. The van der Waals surface area contributed by atoms with E-state index in [1.165, 1.54) is 0 Å². The number of rotatable bonds is 3. The Morgan fingerprint density at radius 3 is 2.33 bits per heavy atom. The molecule has 0 aromatic heterocycles. The normalized spacial score (nSPS) is 8.75. The summed E-state index contributed by atoms with van der Waals surface area (Å²) in [6.45, 7) is 1.89. The van der Waals surface area contributed by atoms with Gasteiger partial charge < -0.3 is 0 Å². The van der Waals surface area contributed by atoms with Crippen molar-refractivity contribution in [3.8, 4) is 0 Å². The number of hydrogen-bond donors (Lipinski definition) is 0. The van der Waals surface area contributed by atoms with E-state index in [2.05, 4.69) is 0 Å². The quantitative estimate of drug-likeness (QED) is 0.671. The van der Waals surface area contributed by atoms with Crippen LogP contribution in [0.4, 0.5) is 0 Å². The highest BCUT2D eigenvalue weighted by molar-refractivity contribution is 5.80. The van der Waals surface area contributed by atoms with E-state index in [-0.39, 0.29) is 7.43 Å². The third-order valence-electron chi connectivity index (χ3n) is 1.64. The van der Waals surface area contributed by atoms with Gasteiger partial charge in [0, 0.05) is 12.8 Å². The molecular weight excluding hydrogens is 148 g/mol. The van der Waals surface area contributed by atoms with Gasteiger partial charge in [-0.2, -0.15) is 0 Å². The summed E-state index contributed by atoms with van der Waals surface area (Å²) >= 11 is 0. The molecule has 0 atom stereocenters. The smallest absolute Gasteiger partial charge is 0.136 e. The van der Waals surface area contributed by atoms with Crippen LogP contribution in [0.5, 0.6) is 0 Å². The van der Waals surface area contributed by atoms with Crippen LogP contribution in [-0.4, -0.2) is 5.78 Å². The monoisotopic (exact) mass is 164 g/mol. The van der Waals surface area contributed by atoms with Crippen molar-refractivity contribution in [3.63, 3.8) is 0 Å². The Morgan fingerprint density at radius 2 is 1.83 bits per heavy atom. The number of benzene rings is 1. The molecular formula is C11H16O. The molecule has 0 radical (unpaired) electrons. The fourth-order valence-electron chi connectivity index (χ4n) is 0.949. The molecule has 66 valence electrons. The molecule has 0 aliphatic carbocycles. The summed E-state index contributed by atoms with van der Waals surface area (Å²) in [5.74, 6) is 0.302. The summed E-state index contributed by atoms with van der Waals surface area (Å²) in [7, 11) is 0. The number of ketones is 1. The first-order valence-corrected chi connectivity index (χ1v) is 3.88. The molecule has 0 amide bonds. The SMILES string of the molecule is C.CCC(=O)Cc1ccccc1. The molecule has 1 aromatic carbocycles. The molecule has 0 bridgehead atoms. The second-order valence-electron chi connectivity index (χ2n) is 2.55. The maximum Gasteiger partial charge on any atom is 0.136 e. The Balaban J connectivity index is 0.00000121. The zero-order chi connectivity index (χ0) is 8.10. The molecule has 1 heteroatoms. The zero-order valence-corrected chi connectivity index (χ0v) is 6.71. The van der Waals surface area contributed by atoms with Gasteiger partial charge in [-0.3, -0.25) is 4.79 Å². The fourth-order valence-corrected chi connectivity index (χ4v) is 0.949. The third kappa shape index (κ3) is 3.33. The minimum absolute atomic E-state index is 0. The van der Waals surface area contributed by atoms with Gasteiger partial charge in [0.25, 0.3) is 0 Å². The molecule has 0 spiro atoms. The average molecular weight is 164 g/mol. The predicted molar refractivity (Wildman–Crippen MR) is 52.2 cm³/mol. The van der Waals surface area contributed by atoms with Crippen molar-refractivity contribution in [1.82, 2.24) is 0 Å². The van der Waals surface area contributed by atoms with Crippen LogP contribution in [0, 0.1) is 0 Å². The molecule has 0 aliphatic heterocycles. The lowest BCUT2D eigenvalue weighted by Crippen LogP contribution is -1.99. The lowest BCUT2D eigenvalue weighted by Gasteiger charge is -1.96. The van der Waals surface area contributed by atoms with Crippen LogP contribution in [0.15, 0.2) is 30.3 Å². The Bertz CT molecular complexity index is 226. The standard InChI is InChI=1S/C10H12O.CH4/c1-2-10(11)8-9-6-4-3-5-7-9;/h3-7H,2,8H2,1H3;1H4. The Kier molecular flexibility index (Phi) is 5.02. The van der Waals surface area contributed by atoms with Crippen molar-refractivity contribution in [2.45, 2.75) is 27.2 Å². The first-order valence-electron chi connectivity index (χ1n) is 3.88. The van der Waals surface area contributed by atoms with Crippen molar-refractivity contribution in [1.29, 1.82) is 0 Å². The van der Waals surface area contributed by atoms with E-state index in [1.54, 1.807) is 0 Å². The third-order valence-corrected chi connectivity index (χ3v) is 1.64. The Morgan fingerprint density at radius 1 is 1.25 bits per heavy atom. The highest BCUT2D eigenvalue weighted by Gasteiger charge is 1.98. The number of carbonyl (C=O) groups is 1.